The molecular formula is C13H12N4O4. The van der Waals surface area contributed by atoms with Gasteiger partial charge in [0.15, 0.2) is 0 Å². The maximum atomic E-state index is 12.1. The summed E-state index contributed by atoms with van der Waals surface area (Å²) in [5.74, 6) is 4.33. The summed E-state index contributed by atoms with van der Waals surface area (Å²) in [5.41, 5.74) is 2.43. The lowest BCUT2D eigenvalue weighted by Gasteiger charge is -2.09. The highest BCUT2D eigenvalue weighted by molar-refractivity contribution is 5.93. The number of nitrogens with one attached hydrogen (secondary N) is 1. The molecule has 0 fully saturated rings. The van der Waals surface area contributed by atoms with E-state index < -0.39 is 16.4 Å². The molecular weight excluding hydrogens is 276 g/mol. The number of nitrogens with zero attached hydrogens (tertiary/aromatic N) is 2. The molecule has 0 aliphatic carbocycles. The fourth-order valence-electron chi connectivity index (χ4n) is 1.93. The van der Waals surface area contributed by atoms with Gasteiger partial charge in [-0.1, -0.05) is 0 Å². The lowest BCUT2D eigenvalue weighted by molar-refractivity contribution is -0.384. The monoisotopic (exact) mass is 288 g/mol. The SMILES string of the molecule is Cn1c(-c2ccc([N+](=O)[O-])cc2)ccc(C(=O)NN)c1=O. The Labute approximate surface area is 118 Å². The summed E-state index contributed by atoms with van der Waals surface area (Å²) in [6.07, 6.45) is 0. The van der Waals surface area contributed by atoms with Crippen LogP contribution < -0.4 is 16.8 Å². The minimum absolute atomic E-state index is 0.0390. The zero-order valence-electron chi connectivity index (χ0n) is 11.1. The van der Waals surface area contributed by atoms with Gasteiger partial charge >= 0.3 is 0 Å². The second kappa shape index (κ2) is 5.55. The van der Waals surface area contributed by atoms with Crippen LogP contribution >= 0.6 is 0 Å². The molecule has 1 aromatic carbocycles. The Hall–Kier alpha value is -3.00. The number of non-ortho nitro benzene ring substituents is 1. The highest BCUT2D eigenvalue weighted by atomic mass is 16.6. The molecule has 3 N–H and O–H groups in total. The molecule has 8 nitrogen and oxygen atoms in total. The van der Waals surface area contributed by atoms with Crippen molar-refractivity contribution in [3.63, 3.8) is 0 Å². The first-order valence-corrected chi connectivity index (χ1v) is 5.91. The van der Waals surface area contributed by atoms with Crippen LogP contribution in [0.3, 0.4) is 0 Å². The molecule has 2 aromatic rings. The minimum Gasteiger partial charge on any atom is -0.311 e. The molecule has 0 saturated carbocycles. The fraction of sp³-hybridized carbons (Fsp3) is 0.0769. The average molecular weight is 288 g/mol. The van der Waals surface area contributed by atoms with E-state index in [4.69, 9.17) is 5.84 Å². The van der Waals surface area contributed by atoms with Crippen LogP contribution in [-0.2, 0) is 7.05 Å². The van der Waals surface area contributed by atoms with Crippen molar-refractivity contribution in [1.82, 2.24) is 9.99 Å². The Morgan fingerprint density at radius 3 is 2.38 bits per heavy atom. The Kier molecular flexibility index (Phi) is 3.81. The van der Waals surface area contributed by atoms with E-state index in [9.17, 15) is 19.7 Å². The quantitative estimate of drug-likeness (QED) is 0.370. The first-order valence-electron chi connectivity index (χ1n) is 5.91. The van der Waals surface area contributed by atoms with Crippen molar-refractivity contribution < 1.29 is 9.72 Å². The summed E-state index contributed by atoms with van der Waals surface area (Å²) < 4.78 is 1.28. The molecule has 0 radical (unpaired) electrons. The van der Waals surface area contributed by atoms with Crippen molar-refractivity contribution in [3.05, 3.63) is 62.4 Å². The third kappa shape index (κ3) is 2.65. The molecule has 0 aliphatic heterocycles. The predicted molar refractivity (Wildman–Crippen MR) is 75.4 cm³/mol. The number of rotatable bonds is 3. The van der Waals surface area contributed by atoms with E-state index in [1.54, 1.807) is 6.07 Å². The Morgan fingerprint density at radius 2 is 1.86 bits per heavy atom. The molecule has 1 amide bonds. The molecule has 2 rings (SSSR count). The number of hydrazine groups is 1. The van der Waals surface area contributed by atoms with Crippen LogP contribution in [-0.4, -0.2) is 15.4 Å². The molecule has 0 aliphatic rings. The normalized spacial score (nSPS) is 10.2. The maximum absolute atomic E-state index is 12.1. The molecule has 0 unspecified atom stereocenters. The Bertz CT molecular complexity index is 765. The third-order valence-corrected chi connectivity index (χ3v) is 3.05. The highest BCUT2D eigenvalue weighted by Crippen LogP contribution is 2.21. The number of benzene rings is 1. The van der Waals surface area contributed by atoms with E-state index in [0.717, 1.165) is 0 Å². The lowest BCUT2D eigenvalue weighted by atomic mass is 10.1. The van der Waals surface area contributed by atoms with Crippen molar-refractivity contribution in [2.24, 2.45) is 12.9 Å². The average Bonchev–Trinajstić information content (AvgIpc) is 2.49. The third-order valence-electron chi connectivity index (χ3n) is 3.05. The van der Waals surface area contributed by atoms with Crippen molar-refractivity contribution >= 4 is 11.6 Å². The number of carbonyl (C=O) groups excluding carboxylic acids is 1. The Balaban J connectivity index is 2.50. The number of hydrogen-bond acceptors (Lipinski definition) is 5. The number of carbonyl (C=O) groups is 1. The molecule has 0 bridgehead atoms. The molecule has 0 atom stereocenters. The summed E-state index contributed by atoms with van der Waals surface area (Å²) in [6.45, 7) is 0. The van der Waals surface area contributed by atoms with Gasteiger partial charge in [0.25, 0.3) is 17.2 Å². The van der Waals surface area contributed by atoms with Crippen LogP contribution in [0.5, 0.6) is 0 Å². The first kappa shape index (κ1) is 14.4. The molecule has 0 spiro atoms. The van der Waals surface area contributed by atoms with Gasteiger partial charge < -0.3 is 4.57 Å². The number of nitro benzene ring substituents is 1. The summed E-state index contributed by atoms with van der Waals surface area (Å²) >= 11 is 0. The van der Waals surface area contributed by atoms with Gasteiger partial charge in [-0.2, -0.15) is 0 Å². The largest absolute Gasteiger partial charge is 0.311 e. The number of nitrogen functional groups attached to an aromatic ring is 1. The molecule has 21 heavy (non-hydrogen) atoms. The van der Waals surface area contributed by atoms with Gasteiger partial charge in [-0.25, -0.2) is 5.84 Å². The summed E-state index contributed by atoms with van der Waals surface area (Å²) in [4.78, 5) is 33.6. The maximum Gasteiger partial charge on any atom is 0.270 e. The van der Waals surface area contributed by atoms with E-state index >= 15 is 0 Å². The Morgan fingerprint density at radius 1 is 1.24 bits per heavy atom. The van der Waals surface area contributed by atoms with Gasteiger partial charge in [0.05, 0.1) is 10.6 Å². The molecule has 1 heterocycles. The van der Waals surface area contributed by atoms with Crippen LogP contribution in [0.15, 0.2) is 41.2 Å². The van der Waals surface area contributed by atoms with Crippen molar-refractivity contribution in [2.45, 2.75) is 0 Å². The standard InChI is InChI=1S/C13H12N4O4/c1-16-11(7-6-10(13(16)19)12(18)15-14)8-2-4-9(5-3-8)17(20)21/h2-7H,14H2,1H3,(H,15,18). The van der Waals surface area contributed by atoms with Gasteiger partial charge in [0, 0.05) is 19.2 Å². The van der Waals surface area contributed by atoms with E-state index in [1.807, 2.05) is 5.43 Å². The number of amides is 1. The van der Waals surface area contributed by atoms with Crippen molar-refractivity contribution in [2.75, 3.05) is 0 Å². The summed E-state index contributed by atoms with van der Waals surface area (Å²) in [6, 6.07) is 8.71. The zero-order chi connectivity index (χ0) is 15.6. The van der Waals surface area contributed by atoms with Crippen LogP contribution in [0.2, 0.25) is 0 Å². The predicted octanol–water partition coefficient (Wildman–Crippen LogP) is 0.564. The van der Waals surface area contributed by atoms with Crippen LogP contribution in [0.4, 0.5) is 5.69 Å². The molecule has 8 heteroatoms. The van der Waals surface area contributed by atoms with Crippen LogP contribution in [0.25, 0.3) is 11.3 Å². The fourth-order valence-corrected chi connectivity index (χ4v) is 1.93. The number of nitrogens with two attached hydrogens (primary N) is 1. The highest BCUT2D eigenvalue weighted by Gasteiger charge is 2.13. The van der Waals surface area contributed by atoms with Gasteiger partial charge in [0.1, 0.15) is 5.56 Å². The van der Waals surface area contributed by atoms with E-state index in [0.29, 0.717) is 11.3 Å². The smallest absolute Gasteiger partial charge is 0.270 e. The number of pyridine rings is 1. The second-order valence-corrected chi connectivity index (χ2v) is 4.27. The molecule has 108 valence electrons. The van der Waals surface area contributed by atoms with Gasteiger partial charge in [0.2, 0.25) is 0 Å². The first-order chi connectivity index (χ1) is 9.95. The van der Waals surface area contributed by atoms with E-state index in [2.05, 4.69) is 0 Å². The van der Waals surface area contributed by atoms with E-state index in [-0.39, 0.29) is 11.3 Å². The van der Waals surface area contributed by atoms with Crippen LogP contribution in [0, 0.1) is 10.1 Å². The topological polar surface area (TPSA) is 120 Å². The van der Waals surface area contributed by atoms with Gasteiger partial charge in [-0.05, 0) is 29.8 Å². The van der Waals surface area contributed by atoms with Crippen LogP contribution in [0.1, 0.15) is 10.4 Å². The number of nitro groups is 1. The van der Waals surface area contributed by atoms with Crippen molar-refractivity contribution in [3.8, 4) is 11.3 Å². The van der Waals surface area contributed by atoms with Gasteiger partial charge in [-0.3, -0.25) is 25.1 Å². The van der Waals surface area contributed by atoms with Crippen molar-refractivity contribution in [1.29, 1.82) is 0 Å². The van der Waals surface area contributed by atoms with Gasteiger partial charge in [-0.15, -0.1) is 0 Å². The lowest BCUT2D eigenvalue weighted by Crippen LogP contribution is -2.36. The second-order valence-electron chi connectivity index (χ2n) is 4.27. The number of hydrogen-bond donors (Lipinski definition) is 2. The zero-order valence-corrected chi connectivity index (χ0v) is 11.1. The summed E-state index contributed by atoms with van der Waals surface area (Å²) in [7, 11) is 1.51. The minimum atomic E-state index is -0.675. The molecule has 0 saturated heterocycles. The number of aromatic nitrogens is 1. The van der Waals surface area contributed by atoms with E-state index in [1.165, 1.54) is 41.9 Å². The summed E-state index contributed by atoms with van der Waals surface area (Å²) in [5, 5.41) is 10.6. The molecule has 1 aromatic heterocycles.